The van der Waals surface area contributed by atoms with Crippen molar-refractivity contribution in [2.24, 2.45) is 5.10 Å². The van der Waals surface area contributed by atoms with Gasteiger partial charge in [0.05, 0.1) is 27.7 Å². The third kappa shape index (κ3) is 3.59. The highest BCUT2D eigenvalue weighted by Crippen LogP contribution is 2.40. The van der Waals surface area contributed by atoms with Crippen molar-refractivity contribution >= 4 is 57.2 Å². The minimum Gasteiger partial charge on any atom is -0.454 e. The average Bonchev–Trinajstić information content (AvgIpc) is 2.71. The van der Waals surface area contributed by atoms with Crippen LogP contribution in [0, 0.1) is 18.3 Å². The summed E-state index contributed by atoms with van der Waals surface area (Å²) in [7, 11) is 0. The van der Waals surface area contributed by atoms with Crippen molar-refractivity contribution in [3.05, 3.63) is 58.2 Å². The first-order chi connectivity index (χ1) is 14.4. The number of hydrogen-bond donors (Lipinski definition) is 0. The summed E-state index contributed by atoms with van der Waals surface area (Å²) in [6.45, 7) is 1.97. The van der Waals surface area contributed by atoms with Crippen LogP contribution < -0.4 is 9.75 Å². The van der Waals surface area contributed by atoms with Crippen LogP contribution >= 0.6 is 23.2 Å². The number of aryl methyl sites for hydroxylation is 1. The fourth-order valence-electron chi connectivity index (χ4n) is 3.00. The molecule has 1 aliphatic rings. The number of nitriles is 1. The van der Waals surface area contributed by atoms with E-state index in [1.165, 1.54) is 12.1 Å². The van der Waals surface area contributed by atoms with Gasteiger partial charge in [-0.1, -0.05) is 23.2 Å². The number of halogens is 2. The predicted molar refractivity (Wildman–Crippen MR) is 113 cm³/mol. The molecule has 7 nitrogen and oxygen atoms in total. The number of Topliss-reactive ketones (excluding diaryl/α,β-unsaturated/α-hetero) is 1. The van der Waals surface area contributed by atoms with Crippen LogP contribution in [0.1, 0.15) is 12.0 Å². The number of aromatic nitrogens is 1. The molecule has 1 amide bonds. The molecule has 0 spiro atoms. The number of nitrogens with zero attached hydrogens (tertiary/aromatic N) is 4. The fourth-order valence-corrected chi connectivity index (χ4v) is 3.56. The zero-order valence-corrected chi connectivity index (χ0v) is 17.0. The number of hydrogen-bond acceptors (Lipinski definition) is 6. The molecule has 4 rings (SSSR count). The zero-order chi connectivity index (χ0) is 21.4. The van der Waals surface area contributed by atoms with Gasteiger partial charge in [-0.3, -0.25) is 14.6 Å². The lowest BCUT2D eigenvalue weighted by Crippen LogP contribution is -2.36. The van der Waals surface area contributed by atoms with E-state index in [0.29, 0.717) is 5.75 Å². The van der Waals surface area contributed by atoms with Gasteiger partial charge in [0.25, 0.3) is 5.91 Å². The number of amides is 1. The third-order valence-electron chi connectivity index (χ3n) is 4.50. The minimum atomic E-state index is -0.628. The number of benzene rings is 2. The molecule has 0 unspecified atom stereocenters. The average molecular weight is 439 g/mol. The summed E-state index contributed by atoms with van der Waals surface area (Å²) in [6.07, 6.45) is 1.28. The minimum absolute atomic E-state index is 0.138. The summed E-state index contributed by atoms with van der Waals surface area (Å²) in [5, 5.41) is 14.9. The highest BCUT2D eigenvalue weighted by atomic mass is 35.5. The number of hydrazone groups is 1. The van der Waals surface area contributed by atoms with Gasteiger partial charge >= 0.3 is 0 Å². The van der Waals surface area contributed by atoms with E-state index in [1.807, 2.05) is 25.1 Å². The normalized spacial score (nSPS) is 13.9. The second kappa shape index (κ2) is 7.75. The highest BCUT2D eigenvalue weighted by Gasteiger charge is 2.29. The van der Waals surface area contributed by atoms with E-state index in [4.69, 9.17) is 33.2 Å². The molecule has 0 radical (unpaired) electrons. The Balaban J connectivity index is 1.70. The topological polar surface area (TPSA) is 95.7 Å². The van der Waals surface area contributed by atoms with Crippen LogP contribution in [0.25, 0.3) is 10.9 Å². The zero-order valence-electron chi connectivity index (χ0n) is 15.5. The van der Waals surface area contributed by atoms with Gasteiger partial charge in [-0.2, -0.15) is 15.4 Å². The number of ketones is 1. The van der Waals surface area contributed by atoms with Crippen molar-refractivity contribution in [2.75, 3.05) is 5.01 Å². The number of ether oxygens (including phenoxy) is 1. The Bertz CT molecular complexity index is 1270. The molecule has 3 aromatic rings. The third-order valence-corrected chi connectivity index (χ3v) is 5.06. The van der Waals surface area contributed by atoms with Gasteiger partial charge in [-0.05, 0) is 48.9 Å². The lowest BCUT2D eigenvalue weighted by Gasteiger charge is -2.22. The lowest BCUT2D eigenvalue weighted by molar-refractivity contribution is -0.124. The van der Waals surface area contributed by atoms with Gasteiger partial charge in [-0.25, -0.2) is 0 Å². The van der Waals surface area contributed by atoms with Crippen LogP contribution in [0.5, 0.6) is 11.5 Å². The second-order valence-electron chi connectivity index (χ2n) is 6.51. The van der Waals surface area contributed by atoms with Crippen LogP contribution in [0.15, 0.2) is 47.7 Å². The standard InChI is InChI=1S/C21H12Cl2N4O3/c1-11-4-5-25-17-3-2-13(8-14(11)17)30-21-15(22)6-12(7-16(21)23)27-20(29)9-19(28)18(10-24)26-27/h2-8H,9H2,1H3. The monoisotopic (exact) mass is 438 g/mol. The Hall–Kier alpha value is -3.47. The SMILES string of the molecule is Cc1ccnc2ccc(Oc3c(Cl)cc(N4N=C(C#N)C(=O)CC4=O)cc3Cl)cc12. The predicted octanol–water partition coefficient (Wildman–Crippen LogP) is 4.83. The Kier molecular flexibility index (Phi) is 5.12. The van der Waals surface area contributed by atoms with Crippen molar-refractivity contribution in [1.29, 1.82) is 5.26 Å². The van der Waals surface area contributed by atoms with Crippen molar-refractivity contribution in [2.45, 2.75) is 13.3 Å². The van der Waals surface area contributed by atoms with E-state index in [0.717, 1.165) is 21.5 Å². The second-order valence-corrected chi connectivity index (χ2v) is 7.33. The lowest BCUT2D eigenvalue weighted by atomic mass is 10.1. The Morgan fingerprint density at radius 3 is 2.57 bits per heavy atom. The van der Waals surface area contributed by atoms with Gasteiger partial charge in [0.1, 0.15) is 11.8 Å². The molecule has 2 heterocycles. The summed E-state index contributed by atoms with van der Waals surface area (Å²) in [5.41, 5.74) is 1.74. The molecule has 9 heteroatoms. The number of fused-ring (bicyclic) bond motifs is 1. The summed E-state index contributed by atoms with van der Waals surface area (Å²) in [5.74, 6) is -0.498. The highest BCUT2D eigenvalue weighted by molar-refractivity contribution is 6.50. The van der Waals surface area contributed by atoms with Crippen LogP contribution in [0.2, 0.25) is 10.0 Å². The molecular formula is C21H12Cl2N4O3. The molecule has 30 heavy (non-hydrogen) atoms. The Labute approximate surface area is 181 Å². The largest absolute Gasteiger partial charge is 0.454 e. The molecule has 0 saturated carbocycles. The number of rotatable bonds is 3. The molecule has 1 aromatic heterocycles. The van der Waals surface area contributed by atoms with Gasteiger partial charge in [0, 0.05) is 11.6 Å². The molecule has 0 atom stereocenters. The number of pyridine rings is 1. The van der Waals surface area contributed by atoms with Gasteiger partial charge in [0.2, 0.25) is 11.5 Å². The van der Waals surface area contributed by atoms with Crippen LogP contribution in [-0.2, 0) is 9.59 Å². The van der Waals surface area contributed by atoms with E-state index in [2.05, 4.69) is 10.1 Å². The molecule has 0 fully saturated rings. The number of anilines is 1. The van der Waals surface area contributed by atoms with Gasteiger partial charge in [-0.15, -0.1) is 0 Å². The first-order valence-corrected chi connectivity index (χ1v) is 9.50. The maximum Gasteiger partial charge on any atom is 0.255 e. The van der Waals surface area contributed by atoms with Crippen LogP contribution in [-0.4, -0.2) is 22.4 Å². The molecule has 2 aromatic carbocycles. The Morgan fingerprint density at radius 2 is 1.87 bits per heavy atom. The fraction of sp³-hybridized carbons (Fsp3) is 0.0952. The summed E-state index contributed by atoms with van der Waals surface area (Å²) < 4.78 is 5.89. The van der Waals surface area contributed by atoms with E-state index >= 15 is 0 Å². The Morgan fingerprint density at radius 1 is 1.13 bits per heavy atom. The van der Waals surface area contributed by atoms with E-state index in [-0.39, 0.29) is 27.2 Å². The van der Waals surface area contributed by atoms with E-state index in [1.54, 1.807) is 18.3 Å². The maximum atomic E-state index is 12.2. The number of carbonyl (C=O) groups is 2. The van der Waals surface area contributed by atoms with Crippen molar-refractivity contribution in [3.63, 3.8) is 0 Å². The summed E-state index contributed by atoms with van der Waals surface area (Å²) in [6, 6.07) is 11.9. The smallest absolute Gasteiger partial charge is 0.255 e. The van der Waals surface area contributed by atoms with Crippen molar-refractivity contribution in [1.82, 2.24) is 4.98 Å². The molecule has 0 N–H and O–H groups in total. The van der Waals surface area contributed by atoms with Crippen molar-refractivity contribution < 1.29 is 14.3 Å². The molecule has 0 aliphatic carbocycles. The van der Waals surface area contributed by atoms with E-state index < -0.39 is 18.1 Å². The molecule has 0 bridgehead atoms. The maximum absolute atomic E-state index is 12.2. The van der Waals surface area contributed by atoms with Crippen LogP contribution in [0.4, 0.5) is 5.69 Å². The van der Waals surface area contributed by atoms with Gasteiger partial charge < -0.3 is 4.74 Å². The summed E-state index contributed by atoms with van der Waals surface area (Å²) in [4.78, 5) is 28.1. The summed E-state index contributed by atoms with van der Waals surface area (Å²) >= 11 is 12.7. The van der Waals surface area contributed by atoms with Crippen molar-refractivity contribution in [3.8, 4) is 17.6 Å². The molecule has 1 aliphatic heterocycles. The first-order valence-electron chi connectivity index (χ1n) is 8.74. The van der Waals surface area contributed by atoms with Crippen LogP contribution in [0.3, 0.4) is 0 Å². The van der Waals surface area contributed by atoms with E-state index in [9.17, 15) is 9.59 Å². The quantitative estimate of drug-likeness (QED) is 0.545. The first kappa shape index (κ1) is 19.8. The molecule has 148 valence electrons. The molecular weight excluding hydrogens is 427 g/mol. The molecule has 0 saturated heterocycles. The van der Waals surface area contributed by atoms with Gasteiger partial charge in [0.15, 0.2) is 5.75 Å². The number of carbonyl (C=O) groups excluding carboxylic acids is 2.